The van der Waals surface area contributed by atoms with Gasteiger partial charge in [-0.05, 0) is 43.4 Å². The van der Waals surface area contributed by atoms with Crippen molar-refractivity contribution < 1.29 is 9.53 Å². The van der Waals surface area contributed by atoms with Crippen molar-refractivity contribution in [1.29, 1.82) is 0 Å². The highest BCUT2D eigenvalue weighted by Gasteiger charge is 2.16. The maximum Gasteiger partial charge on any atom is 0.321 e. The molecule has 2 rings (SSSR count). The number of urea groups is 1. The van der Waals surface area contributed by atoms with Gasteiger partial charge in [0.05, 0.1) is 10.0 Å². The molecule has 0 spiro atoms. The third-order valence-electron chi connectivity index (χ3n) is 3.73. The van der Waals surface area contributed by atoms with Gasteiger partial charge in [0.2, 0.25) is 0 Å². The van der Waals surface area contributed by atoms with Crippen LogP contribution in [0.4, 0.5) is 10.5 Å². The lowest BCUT2D eigenvalue weighted by Crippen LogP contribution is -2.33. The van der Waals surface area contributed by atoms with Gasteiger partial charge in [-0.25, -0.2) is 4.79 Å². The second kappa shape index (κ2) is 7.87. The van der Waals surface area contributed by atoms with Crippen LogP contribution < -0.4 is 5.32 Å². The maximum absolute atomic E-state index is 12.1. The van der Waals surface area contributed by atoms with Crippen molar-refractivity contribution in [2.45, 2.75) is 19.3 Å². The summed E-state index contributed by atoms with van der Waals surface area (Å²) in [6, 6.07) is 4.91. The molecule has 1 N–H and O–H groups in total. The van der Waals surface area contributed by atoms with E-state index in [0.717, 1.165) is 39.0 Å². The van der Waals surface area contributed by atoms with E-state index >= 15 is 0 Å². The Hall–Kier alpha value is -0.970. The number of amides is 2. The summed E-state index contributed by atoms with van der Waals surface area (Å²) in [5.41, 5.74) is 0.646. The first-order valence-corrected chi connectivity index (χ1v) is 7.87. The molecule has 0 atom stereocenters. The first-order valence-electron chi connectivity index (χ1n) is 7.11. The van der Waals surface area contributed by atoms with Crippen LogP contribution in [-0.4, -0.2) is 37.7 Å². The molecule has 2 amide bonds. The van der Waals surface area contributed by atoms with Gasteiger partial charge in [0.1, 0.15) is 0 Å². The zero-order valence-corrected chi connectivity index (χ0v) is 13.6. The summed E-state index contributed by atoms with van der Waals surface area (Å²) in [7, 11) is 1.80. The zero-order chi connectivity index (χ0) is 15.2. The average molecular weight is 331 g/mol. The Morgan fingerprint density at radius 1 is 1.33 bits per heavy atom. The fourth-order valence-corrected chi connectivity index (χ4v) is 2.60. The number of nitrogens with zero attached hydrogens (tertiary/aromatic N) is 1. The van der Waals surface area contributed by atoms with Crippen LogP contribution in [0.3, 0.4) is 0 Å². The lowest BCUT2D eigenvalue weighted by molar-refractivity contribution is 0.0621. The molecule has 1 aromatic rings. The second-order valence-corrected chi connectivity index (χ2v) is 6.14. The van der Waals surface area contributed by atoms with Crippen molar-refractivity contribution in [2.24, 2.45) is 5.92 Å². The molecule has 0 aromatic heterocycles. The van der Waals surface area contributed by atoms with Crippen LogP contribution in [0.2, 0.25) is 10.0 Å². The molecular formula is C15H20Cl2N2O2. The van der Waals surface area contributed by atoms with E-state index in [9.17, 15) is 4.79 Å². The van der Waals surface area contributed by atoms with Crippen molar-refractivity contribution >= 4 is 34.9 Å². The normalized spacial score (nSPS) is 15.8. The minimum Gasteiger partial charge on any atom is -0.381 e. The van der Waals surface area contributed by atoms with Crippen LogP contribution >= 0.6 is 23.2 Å². The third kappa shape index (κ3) is 5.06. The van der Waals surface area contributed by atoms with E-state index in [0.29, 0.717) is 21.7 Å². The smallest absolute Gasteiger partial charge is 0.321 e. The van der Waals surface area contributed by atoms with Crippen molar-refractivity contribution in [3.8, 4) is 0 Å². The Labute approximate surface area is 135 Å². The third-order valence-corrected chi connectivity index (χ3v) is 4.47. The van der Waals surface area contributed by atoms with Gasteiger partial charge in [0.15, 0.2) is 0 Å². The maximum atomic E-state index is 12.1. The molecular weight excluding hydrogens is 311 g/mol. The number of nitrogens with one attached hydrogen (secondary N) is 1. The minimum atomic E-state index is -0.138. The Bertz CT molecular complexity index is 491. The van der Waals surface area contributed by atoms with Gasteiger partial charge in [-0.15, -0.1) is 0 Å². The van der Waals surface area contributed by atoms with Gasteiger partial charge in [0, 0.05) is 32.5 Å². The largest absolute Gasteiger partial charge is 0.381 e. The van der Waals surface area contributed by atoms with Gasteiger partial charge in [0.25, 0.3) is 0 Å². The molecule has 6 heteroatoms. The number of anilines is 1. The first kappa shape index (κ1) is 16.4. The molecule has 0 unspecified atom stereocenters. The summed E-state index contributed by atoms with van der Waals surface area (Å²) in [5.74, 6) is 0.652. The molecule has 0 bridgehead atoms. The Balaban J connectivity index is 1.80. The van der Waals surface area contributed by atoms with E-state index < -0.39 is 0 Å². The summed E-state index contributed by atoms with van der Waals surface area (Å²) in [6.07, 6.45) is 3.18. The Kier molecular flexibility index (Phi) is 6.15. The Morgan fingerprint density at radius 2 is 2.05 bits per heavy atom. The monoisotopic (exact) mass is 330 g/mol. The molecule has 1 heterocycles. The first-order chi connectivity index (χ1) is 10.1. The fourth-order valence-electron chi connectivity index (χ4n) is 2.31. The van der Waals surface area contributed by atoms with E-state index in [-0.39, 0.29) is 6.03 Å². The van der Waals surface area contributed by atoms with Crippen LogP contribution in [0.15, 0.2) is 18.2 Å². The highest BCUT2D eigenvalue weighted by Crippen LogP contribution is 2.25. The van der Waals surface area contributed by atoms with E-state index in [1.54, 1.807) is 30.1 Å². The molecule has 0 saturated carbocycles. The predicted molar refractivity (Wildman–Crippen MR) is 86.3 cm³/mol. The van der Waals surface area contributed by atoms with E-state index in [2.05, 4.69) is 5.32 Å². The topological polar surface area (TPSA) is 41.6 Å². The summed E-state index contributed by atoms with van der Waals surface area (Å²) in [5, 5.41) is 3.72. The zero-order valence-electron chi connectivity index (χ0n) is 12.1. The predicted octanol–water partition coefficient (Wildman–Crippen LogP) is 4.27. The van der Waals surface area contributed by atoms with Crippen LogP contribution in [0, 0.1) is 5.92 Å². The van der Waals surface area contributed by atoms with Crippen molar-refractivity contribution in [3.05, 3.63) is 28.2 Å². The lowest BCUT2D eigenvalue weighted by Gasteiger charge is -2.25. The SMILES string of the molecule is CN(CCC1CCOCC1)C(=O)Nc1ccc(Cl)c(Cl)c1. The fraction of sp³-hybridized carbons (Fsp3) is 0.533. The van der Waals surface area contributed by atoms with Crippen molar-refractivity contribution in [3.63, 3.8) is 0 Å². The molecule has 4 nitrogen and oxygen atoms in total. The standard InChI is InChI=1S/C15H20Cl2N2O2/c1-19(7-4-11-5-8-21-9-6-11)15(20)18-12-2-3-13(16)14(17)10-12/h2-3,10-11H,4-9H2,1H3,(H,18,20). The Morgan fingerprint density at radius 3 is 2.71 bits per heavy atom. The van der Waals surface area contributed by atoms with Gasteiger partial charge >= 0.3 is 6.03 Å². The molecule has 1 aliphatic heterocycles. The number of halogens is 2. The van der Waals surface area contributed by atoms with E-state index in [1.165, 1.54) is 0 Å². The average Bonchev–Trinajstić information content (AvgIpc) is 2.49. The van der Waals surface area contributed by atoms with Crippen LogP contribution in [0.5, 0.6) is 0 Å². The number of rotatable bonds is 4. The van der Waals surface area contributed by atoms with Gasteiger partial charge in [-0.2, -0.15) is 0 Å². The van der Waals surface area contributed by atoms with E-state index in [1.807, 2.05) is 0 Å². The van der Waals surface area contributed by atoms with Gasteiger partial charge in [-0.3, -0.25) is 0 Å². The number of benzene rings is 1. The minimum absolute atomic E-state index is 0.138. The summed E-state index contributed by atoms with van der Waals surface area (Å²) in [4.78, 5) is 13.8. The number of carbonyl (C=O) groups excluding carboxylic acids is 1. The second-order valence-electron chi connectivity index (χ2n) is 5.33. The van der Waals surface area contributed by atoms with Gasteiger partial charge < -0.3 is 15.0 Å². The summed E-state index contributed by atoms with van der Waals surface area (Å²) in [6.45, 7) is 2.41. The lowest BCUT2D eigenvalue weighted by atomic mass is 9.96. The molecule has 0 aliphatic carbocycles. The highest BCUT2D eigenvalue weighted by molar-refractivity contribution is 6.42. The molecule has 0 radical (unpaired) electrons. The summed E-state index contributed by atoms with van der Waals surface area (Å²) < 4.78 is 5.34. The van der Waals surface area contributed by atoms with Crippen molar-refractivity contribution in [2.75, 3.05) is 32.1 Å². The van der Waals surface area contributed by atoms with Gasteiger partial charge in [-0.1, -0.05) is 23.2 Å². The number of hydrogen-bond acceptors (Lipinski definition) is 2. The van der Waals surface area contributed by atoms with Crippen LogP contribution in [-0.2, 0) is 4.74 Å². The molecule has 116 valence electrons. The summed E-state index contributed by atoms with van der Waals surface area (Å²) >= 11 is 11.8. The highest BCUT2D eigenvalue weighted by atomic mass is 35.5. The van der Waals surface area contributed by atoms with Crippen molar-refractivity contribution in [1.82, 2.24) is 4.90 Å². The number of carbonyl (C=O) groups is 1. The quantitative estimate of drug-likeness (QED) is 0.895. The molecule has 1 saturated heterocycles. The van der Waals surface area contributed by atoms with E-state index in [4.69, 9.17) is 27.9 Å². The van der Waals surface area contributed by atoms with Crippen LogP contribution in [0.1, 0.15) is 19.3 Å². The van der Waals surface area contributed by atoms with Crippen LogP contribution in [0.25, 0.3) is 0 Å². The molecule has 1 aliphatic rings. The molecule has 1 aromatic carbocycles. The molecule has 1 fully saturated rings. The number of hydrogen-bond donors (Lipinski definition) is 1. The molecule has 21 heavy (non-hydrogen) atoms. The number of ether oxygens (including phenoxy) is 1.